The maximum Gasteiger partial charge on any atom is 0.0758 e. The summed E-state index contributed by atoms with van der Waals surface area (Å²) in [6.45, 7) is 0. The third-order valence-electron chi connectivity index (χ3n) is 2.62. The van der Waals surface area contributed by atoms with Crippen molar-refractivity contribution in [3.05, 3.63) is 0 Å². The van der Waals surface area contributed by atoms with Crippen LogP contribution in [0.3, 0.4) is 0 Å². The molecule has 1 saturated carbocycles. The predicted molar refractivity (Wildman–Crippen MR) is 46.1 cm³/mol. The maximum absolute atomic E-state index is 5.15. The second-order valence-corrected chi connectivity index (χ2v) is 3.99. The van der Waals surface area contributed by atoms with E-state index in [1.165, 1.54) is 25.7 Å². The lowest BCUT2D eigenvalue weighted by atomic mass is 9.81. The summed E-state index contributed by atoms with van der Waals surface area (Å²) in [4.78, 5) is 1.11. The number of fused-ring (bicyclic) bond motifs is 2. The van der Waals surface area contributed by atoms with E-state index in [2.05, 4.69) is 5.32 Å². The Morgan fingerprint density at radius 2 is 2.30 bits per heavy atom. The van der Waals surface area contributed by atoms with Crippen LogP contribution in [0.4, 0.5) is 0 Å². The van der Waals surface area contributed by atoms with Crippen LogP contribution < -0.4 is 5.32 Å². The van der Waals surface area contributed by atoms with Gasteiger partial charge in [0, 0.05) is 12.5 Å². The molecule has 0 amide bonds. The molecule has 0 aromatic heterocycles. The number of piperidine rings is 1. The normalized spacial score (nSPS) is 39.0. The van der Waals surface area contributed by atoms with Crippen LogP contribution in [-0.2, 0) is 0 Å². The molecule has 2 rings (SSSR count). The highest BCUT2D eigenvalue weighted by atomic mass is 32.1. The second kappa shape index (κ2) is 2.50. The number of thiocarbonyl (C=S) groups is 1. The molecule has 1 heterocycles. The zero-order valence-corrected chi connectivity index (χ0v) is 6.91. The first-order valence-corrected chi connectivity index (χ1v) is 4.55. The molecule has 56 valence electrons. The summed E-state index contributed by atoms with van der Waals surface area (Å²) in [6.07, 6.45) is 6.70. The maximum atomic E-state index is 5.15. The third kappa shape index (κ3) is 1.17. The van der Waals surface area contributed by atoms with E-state index in [9.17, 15) is 0 Å². The van der Waals surface area contributed by atoms with E-state index < -0.39 is 0 Å². The van der Waals surface area contributed by atoms with Crippen LogP contribution >= 0.6 is 12.2 Å². The van der Waals surface area contributed by atoms with Crippen LogP contribution in [0.25, 0.3) is 0 Å². The predicted octanol–water partition coefficient (Wildman–Crippen LogP) is 1.87. The fourth-order valence-electron chi connectivity index (χ4n) is 2.16. The summed E-state index contributed by atoms with van der Waals surface area (Å²) in [5.74, 6) is 0.924. The minimum atomic E-state index is 0.736. The summed E-state index contributed by atoms with van der Waals surface area (Å²) in [5.41, 5.74) is 0. The molecule has 0 aromatic rings. The van der Waals surface area contributed by atoms with Gasteiger partial charge in [0.2, 0.25) is 0 Å². The molecule has 10 heavy (non-hydrogen) atoms. The standard InChI is InChI=1S/C8H13NS/c10-8-5-6-2-1-3-7(4-6)9-8/h6-7H,1-5H2,(H,9,10)/t6-,7-/m1/s1. The van der Waals surface area contributed by atoms with Gasteiger partial charge >= 0.3 is 0 Å². The number of hydrogen-bond acceptors (Lipinski definition) is 1. The minimum absolute atomic E-state index is 0.736. The zero-order chi connectivity index (χ0) is 6.97. The summed E-state index contributed by atoms with van der Waals surface area (Å²) in [6, 6.07) is 0.736. The lowest BCUT2D eigenvalue weighted by Gasteiger charge is -2.35. The molecule has 2 bridgehead atoms. The van der Waals surface area contributed by atoms with Gasteiger partial charge in [-0.25, -0.2) is 0 Å². The fraction of sp³-hybridized carbons (Fsp3) is 0.875. The Labute approximate surface area is 67.2 Å². The van der Waals surface area contributed by atoms with E-state index in [0.717, 1.165) is 23.4 Å². The molecule has 2 fully saturated rings. The number of nitrogens with one attached hydrogen (secondary N) is 1. The first-order valence-electron chi connectivity index (χ1n) is 4.14. The van der Waals surface area contributed by atoms with E-state index in [4.69, 9.17) is 12.2 Å². The molecule has 1 aliphatic heterocycles. The van der Waals surface area contributed by atoms with Gasteiger partial charge in [-0.15, -0.1) is 0 Å². The zero-order valence-electron chi connectivity index (χ0n) is 6.10. The first kappa shape index (κ1) is 6.59. The quantitative estimate of drug-likeness (QED) is 0.536. The van der Waals surface area contributed by atoms with Crippen molar-refractivity contribution in [3.63, 3.8) is 0 Å². The molecule has 0 aromatic carbocycles. The van der Waals surface area contributed by atoms with Crippen molar-refractivity contribution < 1.29 is 0 Å². The highest BCUT2D eigenvalue weighted by molar-refractivity contribution is 7.80. The van der Waals surface area contributed by atoms with Crippen molar-refractivity contribution in [2.24, 2.45) is 5.92 Å². The molecule has 2 atom stereocenters. The lowest BCUT2D eigenvalue weighted by Crippen LogP contribution is -2.43. The van der Waals surface area contributed by atoms with Crippen molar-refractivity contribution in [2.75, 3.05) is 0 Å². The van der Waals surface area contributed by atoms with Crippen LogP contribution in [0.1, 0.15) is 32.1 Å². The van der Waals surface area contributed by atoms with E-state index in [-0.39, 0.29) is 0 Å². The van der Waals surface area contributed by atoms with Gasteiger partial charge in [0.05, 0.1) is 4.99 Å². The average molecular weight is 155 g/mol. The summed E-state index contributed by atoms with van der Waals surface area (Å²) >= 11 is 5.15. The Morgan fingerprint density at radius 1 is 1.40 bits per heavy atom. The second-order valence-electron chi connectivity index (χ2n) is 3.50. The molecule has 0 radical (unpaired) electrons. The molecule has 0 unspecified atom stereocenters. The average Bonchev–Trinajstić information content (AvgIpc) is 1.85. The van der Waals surface area contributed by atoms with Crippen molar-refractivity contribution in [2.45, 2.75) is 38.1 Å². The van der Waals surface area contributed by atoms with Gasteiger partial charge < -0.3 is 5.32 Å². The van der Waals surface area contributed by atoms with E-state index in [1.54, 1.807) is 0 Å². The Hall–Kier alpha value is -0.110. The highest BCUT2D eigenvalue weighted by Gasteiger charge is 2.27. The Morgan fingerprint density at radius 3 is 3.10 bits per heavy atom. The summed E-state index contributed by atoms with van der Waals surface area (Å²) < 4.78 is 0. The monoisotopic (exact) mass is 155 g/mol. The van der Waals surface area contributed by atoms with Crippen LogP contribution in [0.15, 0.2) is 0 Å². The molecular formula is C8H13NS. The van der Waals surface area contributed by atoms with E-state index >= 15 is 0 Å². The Kier molecular flexibility index (Phi) is 1.65. The summed E-state index contributed by atoms with van der Waals surface area (Å²) in [5, 5.41) is 3.38. The van der Waals surface area contributed by atoms with E-state index in [0.29, 0.717) is 0 Å². The van der Waals surface area contributed by atoms with Gasteiger partial charge in [-0.3, -0.25) is 0 Å². The van der Waals surface area contributed by atoms with Crippen molar-refractivity contribution in [1.82, 2.24) is 5.32 Å². The topological polar surface area (TPSA) is 12.0 Å². The number of hydrogen-bond donors (Lipinski definition) is 1. The molecular weight excluding hydrogens is 142 g/mol. The fourth-order valence-corrected chi connectivity index (χ4v) is 2.56. The van der Waals surface area contributed by atoms with Gasteiger partial charge in [0.15, 0.2) is 0 Å². The van der Waals surface area contributed by atoms with Gasteiger partial charge in [-0.05, 0) is 25.2 Å². The van der Waals surface area contributed by atoms with Crippen molar-refractivity contribution in [3.8, 4) is 0 Å². The van der Waals surface area contributed by atoms with Crippen LogP contribution in [0.5, 0.6) is 0 Å². The first-order chi connectivity index (χ1) is 4.84. The molecule has 1 aliphatic carbocycles. The minimum Gasteiger partial charge on any atom is -0.377 e. The van der Waals surface area contributed by atoms with Crippen molar-refractivity contribution >= 4 is 17.2 Å². The SMILES string of the molecule is S=C1C[C@@H]2CCC[C@H](C2)N1. The molecule has 0 spiro atoms. The summed E-state index contributed by atoms with van der Waals surface area (Å²) in [7, 11) is 0. The molecule has 1 nitrogen and oxygen atoms in total. The van der Waals surface area contributed by atoms with Crippen LogP contribution in [0.2, 0.25) is 0 Å². The molecule has 2 heteroatoms. The van der Waals surface area contributed by atoms with E-state index in [1.807, 2.05) is 0 Å². The Bertz CT molecular complexity index is 141. The van der Waals surface area contributed by atoms with Gasteiger partial charge in [0.1, 0.15) is 0 Å². The van der Waals surface area contributed by atoms with Gasteiger partial charge in [0.25, 0.3) is 0 Å². The highest BCUT2D eigenvalue weighted by Crippen LogP contribution is 2.30. The van der Waals surface area contributed by atoms with Gasteiger partial charge in [-0.2, -0.15) is 0 Å². The van der Waals surface area contributed by atoms with Crippen LogP contribution in [-0.4, -0.2) is 11.0 Å². The third-order valence-corrected chi connectivity index (χ3v) is 2.91. The van der Waals surface area contributed by atoms with Crippen LogP contribution in [0, 0.1) is 5.92 Å². The number of rotatable bonds is 0. The molecule has 1 saturated heterocycles. The molecule has 2 aliphatic rings. The van der Waals surface area contributed by atoms with Crippen molar-refractivity contribution in [1.29, 1.82) is 0 Å². The lowest BCUT2D eigenvalue weighted by molar-refractivity contribution is 0.289. The molecule has 1 N–H and O–H groups in total. The Balaban J connectivity index is 2.05. The van der Waals surface area contributed by atoms with Gasteiger partial charge in [-0.1, -0.05) is 18.6 Å². The largest absolute Gasteiger partial charge is 0.377 e. The smallest absolute Gasteiger partial charge is 0.0758 e.